The predicted molar refractivity (Wildman–Crippen MR) is 109 cm³/mol. The largest absolute Gasteiger partial charge is 0.501 e. The van der Waals surface area contributed by atoms with E-state index in [-0.39, 0.29) is 11.7 Å². The molecule has 0 saturated heterocycles. The minimum atomic E-state index is -5.42. The van der Waals surface area contributed by atoms with Gasteiger partial charge in [-0.25, -0.2) is 8.42 Å². The predicted octanol–water partition coefficient (Wildman–Crippen LogP) is 4.33. The molecule has 4 rings (SSSR count). The van der Waals surface area contributed by atoms with Gasteiger partial charge in [0.2, 0.25) is 5.82 Å². The molecule has 0 fully saturated rings. The minimum absolute atomic E-state index is 0.0988. The standard InChI is InChI=1S/C21H17F3N4O3S/c1-13-3-5-14(6-4-13)11-16-12-18(26-28(16)2)20-25-19(27-31-20)15-7-9-17(10-8-15)32(29,30)21(22,23)24/h3-10,12H,11H2,1-2H3. The van der Waals surface area contributed by atoms with Gasteiger partial charge in [0.15, 0.2) is 5.69 Å². The maximum atomic E-state index is 12.7. The van der Waals surface area contributed by atoms with Crippen LogP contribution in [0, 0.1) is 6.92 Å². The van der Waals surface area contributed by atoms with Crippen LogP contribution in [0.1, 0.15) is 16.8 Å². The van der Waals surface area contributed by atoms with Crippen LogP contribution in [0.15, 0.2) is 64.0 Å². The van der Waals surface area contributed by atoms with Crippen LogP contribution in [0.5, 0.6) is 0 Å². The highest BCUT2D eigenvalue weighted by molar-refractivity contribution is 7.92. The molecule has 7 nitrogen and oxygen atoms in total. The maximum Gasteiger partial charge on any atom is 0.501 e. The highest BCUT2D eigenvalue weighted by atomic mass is 32.2. The molecule has 0 aliphatic heterocycles. The Morgan fingerprint density at radius 1 is 1.03 bits per heavy atom. The van der Waals surface area contributed by atoms with E-state index in [4.69, 9.17) is 4.52 Å². The van der Waals surface area contributed by atoms with Gasteiger partial charge in [0, 0.05) is 24.7 Å². The van der Waals surface area contributed by atoms with Crippen molar-refractivity contribution in [2.45, 2.75) is 23.7 Å². The molecule has 32 heavy (non-hydrogen) atoms. The molecular weight excluding hydrogens is 445 g/mol. The Hall–Kier alpha value is -3.47. The van der Waals surface area contributed by atoms with E-state index in [1.54, 1.807) is 11.7 Å². The lowest BCUT2D eigenvalue weighted by molar-refractivity contribution is -0.0436. The molecule has 0 amide bonds. The number of sulfone groups is 1. The summed E-state index contributed by atoms with van der Waals surface area (Å²) in [6.07, 6.45) is 0.653. The molecule has 0 aliphatic rings. The summed E-state index contributed by atoms with van der Waals surface area (Å²) in [5.41, 5.74) is -1.41. The van der Waals surface area contributed by atoms with Gasteiger partial charge >= 0.3 is 5.51 Å². The van der Waals surface area contributed by atoms with Gasteiger partial charge in [-0.2, -0.15) is 23.3 Å². The molecule has 2 aromatic carbocycles. The fourth-order valence-corrected chi connectivity index (χ4v) is 3.81. The summed E-state index contributed by atoms with van der Waals surface area (Å²) in [4.78, 5) is 3.38. The highest BCUT2D eigenvalue weighted by Gasteiger charge is 2.46. The normalized spacial score (nSPS) is 12.3. The third-order valence-electron chi connectivity index (χ3n) is 4.86. The van der Waals surface area contributed by atoms with Gasteiger partial charge in [0.25, 0.3) is 15.7 Å². The molecule has 0 radical (unpaired) electrons. The van der Waals surface area contributed by atoms with Crippen LogP contribution in [-0.2, 0) is 23.3 Å². The molecule has 0 N–H and O–H groups in total. The zero-order valence-corrected chi connectivity index (χ0v) is 17.8. The van der Waals surface area contributed by atoms with E-state index in [1.165, 1.54) is 17.7 Å². The van der Waals surface area contributed by atoms with Crippen molar-refractivity contribution in [1.82, 2.24) is 19.9 Å². The molecule has 11 heteroatoms. The lowest BCUT2D eigenvalue weighted by Gasteiger charge is -2.07. The second-order valence-electron chi connectivity index (χ2n) is 7.20. The molecule has 4 aromatic rings. The maximum absolute atomic E-state index is 12.7. The van der Waals surface area contributed by atoms with Gasteiger partial charge in [0.05, 0.1) is 4.90 Å². The van der Waals surface area contributed by atoms with Crippen LogP contribution in [0.2, 0.25) is 0 Å². The van der Waals surface area contributed by atoms with E-state index in [9.17, 15) is 21.6 Å². The average Bonchev–Trinajstić information content (AvgIpc) is 3.36. The van der Waals surface area contributed by atoms with Gasteiger partial charge in [-0.3, -0.25) is 4.68 Å². The van der Waals surface area contributed by atoms with Crippen molar-refractivity contribution in [2.24, 2.45) is 7.05 Å². The number of aromatic nitrogens is 4. The molecule has 0 aliphatic carbocycles. The number of benzene rings is 2. The summed E-state index contributed by atoms with van der Waals surface area (Å²) in [7, 11) is -3.62. The summed E-state index contributed by atoms with van der Waals surface area (Å²) in [6.45, 7) is 2.02. The Bertz CT molecular complexity index is 1360. The number of aryl methyl sites for hydroxylation is 2. The van der Waals surface area contributed by atoms with Crippen LogP contribution >= 0.6 is 0 Å². The number of hydrogen-bond donors (Lipinski definition) is 0. The summed E-state index contributed by atoms with van der Waals surface area (Å²) in [5.74, 6) is 0.236. The minimum Gasteiger partial charge on any atom is -0.332 e. The van der Waals surface area contributed by atoms with Crippen molar-refractivity contribution in [3.05, 3.63) is 71.4 Å². The number of nitrogens with zero attached hydrogens (tertiary/aromatic N) is 4. The monoisotopic (exact) mass is 462 g/mol. The van der Waals surface area contributed by atoms with Gasteiger partial charge in [-0.05, 0) is 42.8 Å². The topological polar surface area (TPSA) is 90.9 Å². The van der Waals surface area contributed by atoms with Crippen LogP contribution < -0.4 is 0 Å². The van der Waals surface area contributed by atoms with Crippen LogP contribution in [0.3, 0.4) is 0 Å². The quantitative estimate of drug-likeness (QED) is 0.439. The summed E-state index contributed by atoms with van der Waals surface area (Å²) in [5, 5.41) is 8.22. The van der Waals surface area contributed by atoms with E-state index in [2.05, 4.69) is 15.2 Å². The first-order chi connectivity index (χ1) is 15.0. The molecule has 0 unspecified atom stereocenters. The van der Waals surface area contributed by atoms with Crippen molar-refractivity contribution in [3.63, 3.8) is 0 Å². The fraction of sp³-hybridized carbons (Fsp3) is 0.190. The zero-order valence-electron chi connectivity index (χ0n) is 17.0. The first-order valence-corrected chi connectivity index (χ1v) is 10.9. The lowest BCUT2D eigenvalue weighted by Crippen LogP contribution is -2.23. The summed E-state index contributed by atoms with van der Waals surface area (Å²) in [6, 6.07) is 14.0. The van der Waals surface area contributed by atoms with Gasteiger partial charge in [0.1, 0.15) is 0 Å². The van der Waals surface area contributed by atoms with E-state index in [1.807, 2.05) is 37.3 Å². The highest BCUT2D eigenvalue weighted by Crippen LogP contribution is 2.31. The van der Waals surface area contributed by atoms with Crippen molar-refractivity contribution in [2.75, 3.05) is 0 Å². The molecule has 0 bridgehead atoms. The Balaban J connectivity index is 1.56. The first-order valence-electron chi connectivity index (χ1n) is 9.39. The number of alkyl halides is 3. The van der Waals surface area contributed by atoms with Gasteiger partial charge in [-0.15, -0.1) is 0 Å². The molecule has 0 spiro atoms. The summed E-state index contributed by atoms with van der Waals surface area (Å²) >= 11 is 0. The van der Waals surface area contributed by atoms with E-state index < -0.39 is 20.2 Å². The molecule has 0 atom stereocenters. The molecule has 2 aromatic heterocycles. The number of halogens is 3. The van der Waals surface area contributed by atoms with Gasteiger partial charge < -0.3 is 4.52 Å². The van der Waals surface area contributed by atoms with E-state index in [0.717, 1.165) is 23.4 Å². The van der Waals surface area contributed by atoms with Crippen molar-refractivity contribution >= 4 is 9.84 Å². The molecule has 166 valence electrons. The van der Waals surface area contributed by atoms with Gasteiger partial charge in [-0.1, -0.05) is 35.0 Å². The Kier molecular flexibility index (Phi) is 5.37. The number of hydrogen-bond acceptors (Lipinski definition) is 6. The Labute approximate surface area is 181 Å². The molecular formula is C21H17F3N4O3S. The van der Waals surface area contributed by atoms with Crippen LogP contribution in [-0.4, -0.2) is 33.8 Å². The zero-order chi connectivity index (χ0) is 23.1. The SMILES string of the molecule is Cc1ccc(Cc2cc(-c3nc(-c4ccc(S(=O)(=O)C(F)(F)F)cc4)no3)nn2C)cc1. The summed E-state index contributed by atoms with van der Waals surface area (Å²) < 4.78 is 68.0. The van der Waals surface area contributed by atoms with E-state index >= 15 is 0 Å². The second-order valence-corrected chi connectivity index (χ2v) is 9.14. The Morgan fingerprint density at radius 2 is 1.69 bits per heavy atom. The second kappa shape index (κ2) is 7.90. The average molecular weight is 462 g/mol. The first kappa shape index (κ1) is 21.8. The van der Waals surface area contributed by atoms with E-state index in [0.29, 0.717) is 17.7 Å². The lowest BCUT2D eigenvalue weighted by atomic mass is 10.1. The van der Waals surface area contributed by atoms with Crippen LogP contribution in [0.4, 0.5) is 13.2 Å². The Morgan fingerprint density at radius 3 is 2.31 bits per heavy atom. The van der Waals surface area contributed by atoms with Crippen LogP contribution in [0.25, 0.3) is 23.0 Å². The fourth-order valence-electron chi connectivity index (χ4n) is 3.05. The third-order valence-corrected chi connectivity index (χ3v) is 6.36. The number of rotatable bonds is 5. The molecule has 2 heterocycles. The van der Waals surface area contributed by atoms with Crippen molar-refractivity contribution in [3.8, 4) is 23.0 Å². The van der Waals surface area contributed by atoms with Crippen molar-refractivity contribution < 1.29 is 26.1 Å². The molecule has 0 saturated carbocycles. The van der Waals surface area contributed by atoms with Crippen molar-refractivity contribution in [1.29, 1.82) is 0 Å². The smallest absolute Gasteiger partial charge is 0.332 e. The third kappa shape index (κ3) is 4.15.